The molecule has 0 aliphatic carbocycles. The maximum Gasteiger partial charge on any atom is 0.178 e. The molecule has 0 spiro atoms. The highest BCUT2D eigenvalue weighted by Gasteiger charge is 2.27. The summed E-state index contributed by atoms with van der Waals surface area (Å²) in [7, 11) is -3.34. The molecular formula is C13H18FNO2S. The van der Waals surface area contributed by atoms with E-state index in [1.807, 2.05) is 0 Å². The Labute approximate surface area is 107 Å². The van der Waals surface area contributed by atoms with Crippen LogP contribution in [0.2, 0.25) is 0 Å². The summed E-state index contributed by atoms with van der Waals surface area (Å²) >= 11 is 0. The van der Waals surface area contributed by atoms with Crippen molar-refractivity contribution in [2.45, 2.75) is 37.1 Å². The highest BCUT2D eigenvalue weighted by Crippen LogP contribution is 2.31. The predicted octanol–water partition coefficient (Wildman–Crippen LogP) is 2.43. The quantitative estimate of drug-likeness (QED) is 0.918. The third-order valence-corrected chi connectivity index (χ3v) is 5.08. The maximum absolute atomic E-state index is 13.3. The van der Waals surface area contributed by atoms with Crippen molar-refractivity contribution < 1.29 is 12.8 Å². The molecule has 1 aliphatic heterocycles. The summed E-state index contributed by atoms with van der Waals surface area (Å²) in [5.74, 6) is -0.387. The zero-order valence-electron chi connectivity index (χ0n) is 10.4. The molecule has 3 nitrogen and oxygen atoms in total. The van der Waals surface area contributed by atoms with Crippen LogP contribution in [0.5, 0.6) is 0 Å². The lowest BCUT2D eigenvalue weighted by atomic mass is 10.0. The zero-order chi connectivity index (χ0) is 13.2. The Kier molecular flexibility index (Phi) is 4.02. The van der Waals surface area contributed by atoms with Crippen LogP contribution >= 0.6 is 0 Å². The molecule has 1 atom stereocenters. The molecule has 0 aromatic heterocycles. The SMILES string of the molecule is CCCNC1CCCS(=O)(=O)c2cc(F)ccc21. The van der Waals surface area contributed by atoms with Gasteiger partial charge in [-0.25, -0.2) is 12.8 Å². The topological polar surface area (TPSA) is 46.2 Å². The van der Waals surface area contributed by atoms with Gasteiger partial charge in [0, 0.05) is 6.04 Å². The molecule has 1 aliphatic rings. The Balaban J connectivity index is 2.45. The zero-order valence-corrected chi connectivity index (χ0v) is 11.3. The maximum atomic E-state index is 13.3. The van der Waals surface area contributed by atoms with Crippen LogP contribution in [0.1, 0.15) is 37.8 Å². The number of halogens is 1. The molecule has 1 heterocycles. The van der Waals surface area contributed by atoms with Crippen LogP contribution in [0, 0.1) is 5.82 Å². The van der Waals surface area contributed by atoms with Crippen molar-refractivity contribution in [3.63, 3.8) is 0 Å². The number of benzene rings is 1. The van der Waals surface area contributed by atoms with Gasteiger partial charge in [0.2, 0.25) is 0 Å². The van der Waals surface area contributed by atoms with E-state index in [1.165, 1.54) is 6.07 Å². The minimum absolute atomic E-state index is 0.0119. The molecule has 0 fully saturated rings. The van der Waals surface area contributed by atoms with Gasteiger partial charge in [0.05, 0.1) is 10.6 Å². The molecule has 0 saturated carbocycles. The number of hydrogen-bond acceptors (Lipinski definition) is 3. The number of sulfone groups is 1. The van der Waals surface area contributed by atoms with E-state index in [9.17, 15) is 12.8 Å². The number of nitrogens with one attached hydrogen (secondary N) is 1. The van der Waals surface area contributed by atoms with E-state index in [2.05, 4.69) is 12.2 Å². The molecule has 0 saturated heterocycles. The normalized spacial score (nSPS) is 22.2. The fourth-order valence-electron chi connectivity index (χ4n) is 2.34. The second kappa shape index (κ2) is 5.36. The van der Waals surface area contributed by atoms with Crippen LogP contribution in [-0.4, -0.2) is 20.7 Å². The van der Waals surface area contributed by atoms with Gasteiger partial charge < -0.3 is 5.32 Å². The number of hydrogen-bond donors (Lipinski definition) is 1. The van der Waals surface area contributed by atoms with Crippen molar-refractivity contribution in [3.8, 4) is 0 Å². The van der Waals surface area contributed by atoms with Gasteiger partial charge in [0.1, 0.15) is 5.82 Å². The van der Waals surface area contributed by atoms with Gasteiger partial charge in [-0.2, -0.15) is 0 Å². The summed E-state index contributed by atoms with van der Waals surface area (Å²) in [6, 6.07) is 4.09. The van der Waals surface area contributed by atoms with E-state index < -0.39 is 15.7 Å². The van der Waals surface area contributed by atoms with Crippen LogP contribution in [0.25, 0.3) is 0 Å². The Morgan fingerprint density at radius 1 is 1.44 bits per heavy atom. The lowest BCUT2D eigenvalue weighted by Gasteiger charge is -2.18. The molecule has 1 aromatic rings. The Bertz CT molecular complexity index is 528. The molecule has 18 heavy (non-hydrogen) atoms. The van der Waals surface area contributed by atoms with E-state index in [0.29, 0.717) is 12.0 Å². The highest BCUT2D eigenvalue weighted by molar-refractivity contribution is 7.91. The summed E-state index contributed by atoms with van der Waals surface area (Å²) in [6.45, 7) is 2.90. The average molecular weight is 271 g/mol. The predicted molar refractivity (Wildman–Crippen MR) is 68.7 cm³/mol. The molecule has 1 aromatic carbocycles. The third-order valence-electron chi connectivity index (χ3n) is 3.23. The van der Waals surface area contributed by atoms with Crippen molar-refractivity contribution in [1.82, 2.24) is 5.32 Å². The average Bonchev–Trinajstić information content (AvgIpc) is 2.44. The van der Waals surface area contributed by atoms with Gasteiger partial charge in [0.25, 0.3) is 0 Å². The summed E-state index contributed by atoms with van der Waals surface area (Å²) in [4.78, 5) is 0.161. The van der Waals surface area contributed by atoms with E-state index >= 15 is 0 Å². The molecular weight excluding hydrogens is 253 g/mol. The van der Waals surface area contributed by atoms with Gasteiger partial charge in [-0.15, -0.1) is 0 Å². The largest absolute Gasteiger partial charge is 0.310 e. The Hall–Kier alpha value is -0.940. The molecule has 0 amide bonds. The van der Waals surface area contributed by atoms with E-state index in [-0.39, 0.29) is 16.7 Å². The van der Waals surface area contributed by atoms with E-state index in [4.69, 9.17) is 0 Å². The van der Waals surface area contributed by atoms with Gasteiger partial charge in [-0.05, 0) is 43.5 Å². The second-order valence-electron chi connectivity index (χ2n) is 4.65. The fourth-order valence-corrected chi connectivity index (χ4v) is 3.97. The minimum Gasteiger partial charge on any atom is -0.310 e. The molecule has 1 unspecified atom stereocenters. The third kappa shape index (κ3) is 2.72. The van der Waals surface area contributed by atoms with Crippen molar-refractivity contribution >= 4 is 9.84 Å². The number of fused-ring (bicyclic) bond motifs is 1. The van der Waals surface area contributed by atoms with Crippen molar-refractivity contribution in [1.29, 1.82) is 0 Å². The van der Waals surface area contributed by atoms with Crippen molar-refractivity contribution in [2.24, 2.45) is 0 Å². The van der Waals surface area contributed by atoms with Crippen LogP contribution in [-0.2, 0) is 9.84 Å². The first-order valence-electron chi connectivity index (χ1n) is 6.30. The standard InChI is InChI=1S/C13H18FNO2S/c1-2-7-15-12-4-3-8-18(16,17)13-9-10(14)5-6-11(12)13/h5-6,9,12,15H,2-4,7-8H2,1H3. The summed E-state index contributed by atoms with van der Waals surface area (Å²) in [5, 5.41) is 3.34. The molecule has 0 bridgehead atoms. The monoisotopic (exact) mass is 271 g/mol. The molecule has 100 valence electrons. The van der Waals surface area contributed by atoms with Gasteiger partial charge >= 0.3 is 0 Å². The van der Waals surface area contributed by atoms with Crippen LogP contribution < -0.4 is 5.32 Å². The Morgan fingerprint density at radius 2 is 2.22 bits per heavy atom. The first kappa shape index (κ1) is 13.5. The number of rotatable bonds is 3. The lowest BCUT2D eigenvalue weighted by Crippen LogP contribution is -2.22. The lowest BCUT2D eigenvalue weighted by molar-refractivity contribution is 0.491. The van der Waals surface area contributed by atoms with Crippen LogP contribution in [0.3, 0.4) is 0 Å². The van der Waals surface area contributed by atoms with Gasteiger partial charge in [-0.1, -0.05) is 13.0 Å². The summed E-state index contributed by atoms with van der Waals surface area (Å²) in [6.07, 6.45) is 2.37. The van der Waals surface area contributed by atoms with Gasteiger partial charge in [0.15, 0.2) is 9.84 Å². The van der Waals surface area contributed by atoms with Crippen molar-refractivity contribution in [2.75, 3.05) is 12.3 Å². The van der Waals surface area contributed by atoms with E-state index in [1.54, 1.807) is 6.07 Å². The van der Waals surface area contributed by atoms with Crippen LogP contribution in [0.4, 0.5) is 4.39 Å². The summed E-state index contributed by atoms with van der Waals surface area (Å²) < 4.78 is 37.4. The molecule has 5 heteroatoms. The first-order valence-corrected chi connectivity index (χ1v) is 7.95. The van der Waals surface area contributed by atoms with E-state index in [0.717, 1.165) is 25.5 Å². The molecule has 0 radical (unpaired) electrons. The Morgan fingerprint density at radius 3 is 2.94 bits per heavy atom. The highest BCUT2D eigenvalue weighted by atomic mass is 32.2. The summed E-state index contributed by atoms with van der Waals surface area (Å²) in [5.41, 5.74) is 0.711. The fraction of sp³-hybridized carbons (Fsp3) is 0.538. The second-order valence-corrected chi connectivity index (χ2v) is 6.73. The van der Waals surface area contributed by atoms with Gasteiger partial charge in [-0.3, -0.25) is 0 Å². The van der Waals surface area contributed by atoms with Crippen LogP contribution in [0.15, 0.2) is 23.1 Å². The van der Waals surface area contributed by atoms with Crippen molar-refractivity contribution in [3.05, 3.63) is 29.6 Å². The smallest absolute Gasteiger partial charge is 0.178 e. The first-order chi connectivity index (χ1) is 8.54. The molecule has 2 rings (SSSR count). The molecule has 1 N–H and O–H groups in total. The minimum atomic E-state index is -3.34.